The van der Waals surface area contributed by atoms with E-state index in [4.69, 9.17) is 5.26 Å². The molecule has 0 aliphatic heterocycles. The molecule has 0 bridgehead atoms. The van der Waals surface area contributed by atoms with E-state index < -0.39 is 55.1 Å². The van der Waals surface area contributed by atoms with Gasteiger partial charge in [0.05, 0.1) is 26.2 Å². The molecule has 1 aliphatic rings. The van der Waals surface area contributed by atoms with Gasteiger partial charge in [0.25, 0.3) is 0 Å². The molecule has 0 amide bonds. The molecule has 1 aliphatic carbocycles. The van der Waals surface area contributed by atoms with Crippen molar-refractivity contribution in [2.24, 2.45) is 0 Å². The Bertz CT molecular complexity index is 1020. The number of carboxylic acid groups (broad SMARTS) is 4. The monoisotopic (exact) mass is 564 g/mol. The predicted molar refractivity (Wildman–Crippen MR) is 142 cm³/mol. The third-order valence-electron chi connectivity index (χ3n) is 6.91. The van der Waals surface area contributed by atoms with E-state index in [-0.39, 0.29) is 19.6 Å². The highest BCUT2D eigenvalue weighted by Gasteiger charge is 2.38. The van der Waals surface area contributed by atoms with E-state index in [1.54, 1.807) is 21.9 Å². The Morgan fingerprint density at radius 3 is 1.82 bits per heavy atom. The minimum atomic E-state index is -1.17. The van der Waals surface area contributed by atoms with Gasteiger partial charge in [0.2, 0.25) is 0 Å². The van der Waals surface area contributed by atoms with Gasteiger partial charge in [-0.05, 0) is 55.3 Å². The van der Waals surface area contributed by atoms with Gasteiger partial charge in [-0.1, -0.05) is 31.9 Å². The molecule has 1 aromatic carbocycles. The summed E-state index contributed by atoms with van der Waals surface area (Å²) in [5.41, 5.74) is 0.889. The van der Waals surface area contributed by atoms with Gasteiger partial charge >= 0.3 is 23.9 Å². The van der Waals surface area contributed by atoms with E-state index in [9.17, 15) is 39.6 Å². The summed E-state index contributed by atoms with van der Waals surface area (Å²) in [6.45, 7) is 0.859. The number of benzene rings is 1. The first-order valence-electron chi connectivity index (χ1n) is 12.8. The molecule has 3 atom stereocenters. The number of carbonyl (C=O) groups is 4. The Kier molecular flexibility index (Phi) is 13.2. The summed E-state index contributed by atoms with van der Waals surface area (Å²) < 4.78 is 0. The fourth-order valence-corrected chi connectivity index (χ4v) is 5.72. The number of thiocyanates is 1. The molecule has 0 radical (unpaired) electrons. The minimum Gasteiger partial charge on any atom is -0.480 e. The summed E-state index contributed by atoms with van der Waals surface area (Å²) in [7, 11) is 0. The molecule has 12 nitrogen and oxygen atoms in total. The summed E-state index contributed by atoms with van der Waals surface area (Å²) in [5.74, 6) is -4.43. The lowest BCUT2D eigenvalue weighted by molar-refractivity contribution is -0.146. The zero-order valence-electron chi connectivity index (χ0n) is 21.9. The van der Waals surface area contributed by atoms with E-state index in [0.29, 0.717) is 25.8 Å². The van der Waals surface area contributed by atoms with Crippen LogP contribution in [0.15, 0.2) is 29.2 Å². The van der Waals surface area contributed by atoms with Crippen molar-refractivity contribution in [3.05, 3.63) is 29.8 Å². The Hall–Kier alpha value is -3.18. The van der Waals surface area contributed by atoms with Crippen LogP contribution in [-0.2, 0) is 25.6 Å². The highest BCUT2D eigenvalue weighted by molar-refractivity contribution is 8.03. The largest absolute Gasteiger partial charge is 0.480 e. The van der Waals surface area contributed by atoms with Crippen molar-refractivity contribution in [2.75, 3.05) is 39.3 Å². The average Bonchev–Trinajstić information content (AvgIpc) is 2.86. The summed E-state index contributed by atoms with van der Waals surface area (Å²) in [4.78, 5) is 52.4. The van der Waals surface area contributed by atoms with Gasteiger partial charge in [0.15, 0.2) is 0 Å². The van der Waals surface area contributed by atoms with Crippen molar-refractivity contribution in [3.8, 4) is 5.40 Å². The maximum atomic E-state index is 12.0. The van der Waals surface area contributed by atoms with Crippen LogP contribution in [0.4, 0.5) is 0 Å². The lowest BCUT2D eigenvalue weighted by Gasteiger charge is -2.45. The van der Waals surface area contributed by atoms with Crippen molar-refractivity contribution >= 4 is 35.6 Å². The minimum absolute atomic E-state index is 0.192. The molecule has 0 saturated heterocycles. The molecule has 4 N–H and O–H groups in total. The van der Waals surface area contributed by atoms with Gasteiger partial charge in [0.1, 0.15) is 5.40 Å². The second-order valence-electron chi connectivity index (χ2n) is 9.59. The number of rotatable bonds is 17. The molecular weight excluding hydrogens is 528 g/mol. The first kappa shape index (κ1) is 32.0. The topological polar surface area (TPSA) is 183 Å². The molecule has 2 rings (SSSR count). The van der Waals surface area contributed by atoms with Crippen LogP contribution in [0.3, 0.4) is 0 Å². The number of hydrogen-bond donors (Lipinski definition) is 4. The second-order valence-corrected chi connectivity index (χ2v) is 10.4. The molecule has 1 saturated carbocycles. The Morgan fingerprint density at radius 1 is 0.872 bits per heavy atom. The maximum Gasteiger partial charge on any atom is 0.317 e. The SMILES string of the molecule is CCN(CC(=O)O)[C@H](Cc1ccc(SC#N)cc1)CN(CC(=O)O)C1CCCC[C@@H]1N(CC(=O)O)CC(=O)O. The van der Waals surface area contributed by atoms with Crippen LogP contribution in [0.2, 0.25) is 0 Å². The summed E-state index contributed by atoms with van der Waals surface area (Å²) >= 11 is 1.03. The normalized spacial score (nSPS) is 18.1. The van der Waals surface area contributed by atoms with Gasteiger partial charge in [-0.2, -0.15) is 5.26 Å². The number of aliphatic carboxylic acids is 4. The zero-order chi connectivity index (χ0) is 28.9. The third-order valence-corrected chi connectivity index (χ3v) is 7.51. The molecule has 1 aromatic rings. The molecule has 214 valence electrons. The van der Waals surface area contributed by atoms with E-state index in [0.717, 1.165) is 35.1 Å². The predicted octanol–water partition coefficient (Wildman–Crippen LogP) is 1.75. The zero-order valence-corrected chi connectivity index (χ0v) is 22.8. The van der Waals surface area contributed by atoms with Gasteiger partial charge in [-0.25, -0.2) is 0 Å². The highest BCUT2D eigenvalue weighted by atomic mass is 32.2. The molecule has 0 heterocycles. The number of nitriles is 1. The Morgan fingerprint density at radius 2 is 1.36 bits per heavy atom. The van der Waals surface area contributed by atoms with Crippen molar-refractivity contribution < 1.29 is 39.6 Å². The number of nitrogens with zero attached hydrogens (tertiary/aromatic N) is 4. The van der Waals surface area contributed by atoms with Gasteiger partial charge < -0.3 is 20.4 Å². The molecule has 39 heavy (non-hydrogen) atoms. The smallest absolute Gasteiger partial charge is 0.317 e. The molecule has 0 aromatic heterocycles. The van der Waals surface area contributed by atoms with Crippen LogP contribution < -0.4 is 0 Å². The number of likely N-dealkylation sites (N-methyl/N-ethyl adjacent to an activating group) is 1. The van der Waals surface area contributed by atoms with Crippen LogP contribution in [0, 0.1) is 10.7 Å². The van der Waals surface area contributed by atoms with Gasteiger partial charge in [-0.15, -0.1) is 0 Å². The lowest BCUT2D eigenvalue weighted by Crippen LogP contribution is -2.59. The first-order chi connectivity index (χ1) is 18.5. The number of carboxylic acids is 4. The fourth-order valence-electron chi connectivity index (χ4n) is 5.34. The molecule has 0 spiro atoms. The van der Waals surface area contributed by atoms with Crippen molar-refractivity contribution in [1.29, 1.82) is 5.26 Å². The van der Waals surface area contributed by atoms with Crippen LogP contribution in [-0.4, -0.2) is 116 Å². The number of thioether (sulfide) groups is 1. The van der Waals surface area contributed by atoms with Crippen molar-refractivity contribution in [1.82, 2.24) is 14.7 Å². The summed E-state index contributed by atoms with van der Waals surface area (Å²) in [6.07, 6.45) is 3.04. The molecule has 13 heteroatoms. The summed E-state index contributed by atoms with van der Waals surface area (Å²) in [6, 6.07) is 6.01. The molecule has 1 unspecified atom stereocenters. The molecule has 1 fully saturated rings. The quantitative estimate of drug-likeness (QED) is 0.159. The van der Waals surface area contributed by atoms with Crippen LogP contribution in [0.25, 0.3) is 0 Å². The van der Waals surface area contributed by atoms with Crippen molar-refractivity contribution in [3.63, 3.8) is 0 Å². The van der Waals surface area contributed by atoms with Crippen LogP contribution in [0.5, 0.6) is 0 Å². The average molecular weight is 565 g/mol. The number of hydrogen-bond acceptors (Lipinski definition) is 9. The van der Waals surface area contributed by atoms with Gasteiger partial charge in [-0.3, -0.25) is 33.9 Å². The van der Waals surface area contributed by atoms with E-state index >= 15 is 0 Å². The lowest BCUT2D eigenvalue weighted by atomic mass is 9.87. The first-order valence-corrected chi connectivity index (χ1v) is 13.6. The van der Waals surface area contributed by atoms with E-state index in [1.165, 1.54) is 4.90 Å². The summed E-state index contributed by atoms with van der Waals surface area (Å²) in [5, 5.41) is 49.1. The van der Waals surface area contributed by atoms with E-state index in [1.807, 2.05) is 24.5 Å². The highest BCUT2D eigenvalue weighted by Crippen LogP contribution is 2.28. The maximum absolute atomic E-state index is 12.0. The van der Waals surface area contributed by atoms with Crippen LogP contribution >= 0.6 is 11.8 Å². The van der Waals surface area contributed by atoms with Crippen molar-refractivity contribution in [2.45, 2.75) is 62.0 Å². The fraction of sp³-hybridized carbons (Fsp3) is 0.577. The second kappa shape index (κ2) is 16.0. The molecular formula is C26H36N4O8S. The Labute approximate surface area is 231 Å². The standard InChI is InChI=1S/C26H36N4O8S/c1-2-28(13-23(31)32)19(11-18-7-9-20(10-8-18)39-17-27)12-29(14-24(33)34)21-5-3-4-6-22(21)30(15-25(35)36)16-26(37)38/h7-10,19,21-22H,2-6,11-16H2,1H3,(H,31,32)(H,33,34)(H,35,36)(H,37,38)/t19-,21?,22+/m1/s1. The van der Waals surface area contributed by atoms with Gasteiger partial charge in [0, 0.05) is 29.6 Å². The van der Waals surface area contributed by atoms with E-state index in [2.05, 4.69) is 0 Å². The van der Waals surface area contributed by atoms with Crippen LogP contribution in [0.1, 0.15) is 38.2 Å². The Balaban J connectivity index is 2.42. The third kappa shape index (κ3) is 10.8.